The first kappa shape index (κ1) is 16.1. The normalized spacial score (nSPS) is 11.6. The Morgan fingerprint density at radius 2 is 2.10 bits per heavy atom. The summed E-state index contributed by atoms with van der Waals surface area (Å²) in [6.45, 7) is 1.99. The van der Waals surface area contributed by atoms with Crippen LogP contribution in [0.15, 0.2) is 23.1 Å². The lowest BCUT2D eigenvalue weighted by Gasteiger charge is -2.08. The smallest absolute Gasteiger partial charge is 0.264 e. The van der Waals surface area contributed by atoms with Crippen molar-refractivity contribution in [3.8, 4) is 0 Å². The van der Waals surface area contributed by atoms with E-state index in [1.54, 1.807) is 6.07 Å². The summed E-state index contributed by atoms with van der Waals surface area (Å²) >= 11 is 11.2. The summed E-state index contributed by atoms with van der Waals surface area (Å²) in [7, 11) is -4.05. The lowest BCUT2D eigenvalue weighted by atomic mass is 10.2. The maximum absolute atomic E-state index is 13.6. The molecule has 0 bridgehead atoms. The molecule has 0 aliphatic carbocycles. The molecule has 0 amide bonds. The van der Waals surface area contributed by atoms with E-state index in [1.165, 1.54) is 0 Å². The third-order valence-electron chi connectivity index (χ3n) is 2.68. The largest absolute Gasteiger partial charge is 0.280 e. The van der Waals surface area contributed by atoms with Crippen molar-refractivity contribution in [3.63, 3.8) is 0 Å². The van der Waals surface area contributed by atoms with Gasteiger partial charge in [0.25, 0.3) is 10.0 Å². The van der Waals surface area contributed by atoms with E-state index in [0.29, 0.717) is 0 Å². The molecule has 0 aliphatic rings. The number of hydrogen-bond donors (Lipinski definition) is 2. The van der Waals surface area contributed by atoms with E-state index in [4.69, 9.17) is 23.2 Å². The van der Waals surface area contributed by atoms with Gasteiger partial charge >= 0.3 is 0 Å². The molecular weight excluding hydrogens is 340 g/mol. The van der Waals surface area contributed by atoms with Crippen molar-refractivity contribution in [1.29, 1.82) is 0 Å². The summed E-state index contributed by atoms with van der Waals surface area (Å²) < 4.78 is 40.2. The molecule has 1 heterocycles. The van der Waals surface area contributed by atoms with E-state index in [0.717, 1.165) is 30.7 Å². The zero-order valence-corrected chi connectivity index (χ0v) is 13.3. The van der Waals surface area contributed by atoms with Crippen LogP contribution in [0, 0.1) is 5.82 Å². The predicted molar refractivity (Wildman–Crippen MR) is 79.8 cm³/mol. The Morgan fingerprint density at radius 1 is 1.38 bits per heavy atom. The second-order valence-electron chi connectivity index (χ2n) is 4.31. The SMILES string of the molecule is CCCc1cc(NS(=O)(=O)c2ccc(Cl)c(F)c2Cl)n[nH]1. The third kappa shape index (κ3) is 3.48. The van der Waals surface area contributed by atoms with Gasteiger partial charge in [-0.15, -0.1) is 0 Å². The minimum atomic E-state index is -4.05. The molecule has 0 unspecified atom stereocenters. The standard InChI is InChI=1S/C12H12Cl2FN3O2S/c1-2-3-7-6-10(17-16-7)18-21(19,20)9-5-4-8(13)12(15)11(9)14/h4-6H,2-3H2,1H3,(H2,16,17,18). The number of aromatic nitrogens is 2. The van der Waals surface area contributed by atoms with Crippen molar-refractivity contribution in [2.45, 2.75) is 24.7 Å². The van der Waals surface area contributed by atoms with Gasteiger partial charge in [0.15, 0.2) is 11.6 Å². The molecule has 0 spiro atoms. The Labute approximate surface area is 131 Å². The summed E-state index contributed by atoms with van der Waals surface area (Å²) in [5.41, 5.74) is 0.795. The number of aromatic amines is 1. The van der Waals surface area contributed by atoms with Crippen molar-refractivity contribution in [2.75, 3.05) is 4.72 Å². The van der Waals surface area contributed by atoms with Crippen LogP contribution in [0.3, 0.4) is 0 Å². The van der Waals surface area contributed by atoms with Gasteiger partial charge < -0.3 is 0 Å². The van der Waals surface area contributed by atoms with Gasteiger partial charge in [0.05, 0.1) is 10.0 Å². The first-order chi connectivity index (χ1) is 9.85. The molecule has 2 aromatic rings. The number of nitrogens with zero attached hydrogens (tertiary/aromatic N) is 1. The molecule has 0 fully saturated rings. The third-order valence-corrected chi connectivity index (χ3v) is 4.85. The molecule has 5 nitrogen and oxygen atoms in total. The molecule has 0 atom stereocenters. The highest BCUT2D eigenvalue weighted by Gasteiger charge is 2.22. The molecule has 114 valence electrons. The number of anilines is 1. The van der Waals surface area contributed by atoms with E-state index in [1.807, 2.05) is 6.92 Å². The van der Waals surface area contributed by atoms with Gasteiger partial charge in [0, 0.05) is 11.8 Å². The molecule has 0 saturated carbocycles. The minimum absolute atomic E-state index is 0.116. The van der Waals surface area contributed by atoms with E-state index < -0.39 is 25.8 Å². The average molecular weight is 352 g/mol. The fraction of sp³-hybridized carbons (Fsp3) is 0.250. The van der Waals surface area contributed by atoms with Crippen LogP contribution in [0.4, 0.5) is 10.2 Å². The van der Waals surface area contributed by atoms with Crippen LogP contribution < -0.4 is 4.72 Å². The number of benzene rings is 1. The topological polar surface area (TPSA) is 74.8 Å². The Hall–Kier alpha value is -1.31. The molecule has 9 heteroatoms. The lowest BCUT2D eigenvalue weighted by molar-refractivity contribution is 0.595. The highest BCUT2D eigenvalue weighted by atomic mass is 35.5. The monoisotopic (exact) mass is 351 g/mol. The summed E-state index contributed by atoms with van der Waals surface area (Å²) in [6.07, 6.45) is 1.63. The van der Waals surface area contributed by atoms with Crippen LogP contribution >= 0.6 is 23.2 Å². The van der Waals surface area contributed by atoms with Crippen LogP contribution in [0.25, 0.3) is 0 Å². The first-order valence-corrected chi connectivity index (χ1v) is 8.29. The second kappa shape index (κ2) is 6.21. The second-order valence-corrected chi connectivity index (χ2v) is 6.74. The van der Waals surface area contributed by atoms with Crippen LogP contribution in [-0.2, 0) is 16.4 Å². The molecule has 1 aromatic carbocycles. The summed E-state index contributed by atoms with van der Waals surface area (Å²) in [6, 6.07) is 3.83. The molecule has 1 aromatic heterocycles. The van der Waals surface area contributed by atoms with Crippen molar-refractivity contribution in [1.82, 2.24) is 10.2 Å². The van der Waals surface area contributed by atoms with E-state index in [-0.39, 0.29) is 10.8 Å². The summed E-state index contributed by atoms with van der Waals surface area (Å²) in [5, 5.41) is 5.75. The van der Waals surface area contributed by atoms with Crippen LogP contribution in [0.1, 0.15) is 19.0 Å². The Balaban J connectivity index is 2.32. The minimum Gasteiger partial charge on any atom is -0.280 e. The molecule has 0 saturated heterocycles. The van der Waals surface area contributed by atoms with Crippen molar-refractivity contribution < 1.29 is 12.8 Å². The van der Waals surface area contributed by atoms with E-state index in [2.05, 4.69) is 14.9 Å². The van der Waals surface area contributed by atoms with Crippen LogP contribution in [0.2, 0.25) is 10.0 Å². The van der Waals surface area contributed by atoms with Crippen molar-refractivity contribution in [3.05, 3.63) is 39.8 Å². The number of nitrogens with one attached hydrogen (secondary N) is 2. The fourth-order valence-electron chi connectivity index (χ4n) is 1.72. The summed E-state index contributed by atoms with van der Waals surface area (Å²) in [4.78, 5) is -0.397. The average Bonchev–Trinajstić information content (AvgIpc) is 2.82. The molecule has 2 N–H and O–H groups in total. The molecule has 21 heavy (non-hydrogen) atoms. The Bertz CT molecular complexity index is 762. The maximum atomic E-state index is 13.6. The number of halogens is 3. The van der Waals surface area contributed by atoms with Crippen molar-refractivity contribution in [2.24, 2.45) is 0 Å². The zero-order chi connectivity index (χ0) is 15.6. The number of H-pyrrole nitrogens is 1. The highest BCUT2D eigenvalue weighted by Crippen LogP contribution is 2.30. The summed E-state index contributed by atoms with van der Waals surface area (Å²) in [5.74, 6) is -0.861. The number of rotatable bonds is 5. The number of sulfonamides is 1. The van der Waals surface area contributed by atoms with Crippen LogP contribution in [0.5, 0.6) is 0 Å². The number of aryl methyl sites for hydroxylation is 1. The highest BCUT2D eigenvalue weighted by molar-refractivity contribution is 7.92. The van der Waals surface area contributed by atoms with E-state index >= 15 is 0 Å². The predicted octanol–water partition coefficient (Wildman–Crippen LogP) is 3.61. The van der Waals surface area contributed by atoms with Gasteiger partial charge in [-0.25, -0.2) is 12.8 Å². The van der Waals surface area contributed by atoms with Gasteiger partial charge in [-0.2, -0.15) is 5.10 Å². The van der Waals surface area contributed by atoms with Gasteiger partial charge in [-0.3, -0.25) is 9.82 Å². The van der Waals surface area contributed by atoms with Crippen molar-refractivity contribution >= 4 is 39.0 Å². The molecule has 0 aliphatic heterocycles. The Kier molecular flexibility index (Phi) is 4.75. The quantitative estimate of drug-likeness (QED) is 0.808. The fourth-order valence-corrected chi connectivity index (χ4v) is 3.46. The first-order valence-electron chi connectivity index (χ1n) is 6.05. The van der Waals surface area contributed by atoms with Gasteiger partial charge in [0.1, 0.15) is 4.90 Å². The molecular formula is C12H12Cl2FN3O2S. The van der Waals surface area contributed by atoms with E-state index in [9.17, 15) is 12.8 Å². The van der Waals surface area contributed by atoms with Gasteiger partial charge in [-0.05, 0) is 18.6 Å². The Morgan fingerprint density at radius 3 is 2.76 bits per heavy atom. The number of hydrogen-bond acceptors (Lipinski definition) is 3. The molecule has 2 rings (SSSR count). The van der Waals surface area contributed by atoms with Gasteiger partial charge in [-0.1, -0.05) is 36.5 Å². The maximum Gasteiger partial charge on any atom is 0.264 e. The lowest BCUT2D eigenvalue weighted by Crippen LogP contribution is -2.14. The van der Waals surface area contributed by atoms with Crippen LogP contribution in [-0.4, -0.2) is 18.6 Å². The zero-order valence-electron chi connectivity index (χ0n) is 11.0. The van der Waals surface area contributed by atoms with Gasteiger partial charge in [0.2, 0.25) is 0 Å². The molecule has 0 radical (unpaired) electrons.